The molecule has 1 atom stereocenters. The first-order valence-electron chi connectivity index (χ1n) is 12.1. The van der Waals surface area contributed by atoms with Gasteiger partial charge in [0.25, 0.3) is 0 Å². The molecule has 0 saturated carbocycles. The molecule has 0 fully saturated rings. The largest absolute Gasteiger partial charge is 0.470 e. The van der Waals surface area contributed by atoms with E-state index in [1.54, 1.807) is 0 Å². The summed E-state index contributed by atoms with van der Waals surface area (Å²) < 4.78 is 5.87. The van der Waals surface area contributed by atoms with Gasteiger partial charge >= 0.3 is 0 Å². The molecule has 1 aliphatic heterocycles. The molecular formula is C24H47NO2. The minimum Gasteiger partial charge on any atom is -0.470 e. The van der Waals surface area contributed by atoms with Gasteiger partial charge in [-0.25, -0.2) is 0 Å². The minimum atomic E-state index is -0.412. The maximum absolute atomic E-state index is 9.45. The van der Waals surface area contributed by atoms with Crippen LogP contribution in [0.25, 0.3) is 0 Å². The van der Waals surface area contributed by atoms with Crippen molar-refractivity contribution in [3.05, 3.63) is 0 Å². The van der Waals surface area contributed by atoms with E-state index in [2.05, 4.69) is 18.8 Å². The number of nitrogens with zero attached hydrogens (tertiary/aromatic N) is 1. The molecule has 1 heterocycles. The van der Waals surface area contributed by atoms with Gasteiger partial charge in [-0.2, -0.15) is 0 Å². The second kappa shape index (κ2) is 16.4. The topological polar surface area (TPSA) is 41.8 Å². The summed E-state index contributed by atoms with van der Waals surface area (Å²) in [5, 5.41) is 9.45. The number of unbranched alkanes of at least 4 members (excludes halogenated alkanes) is 15. The van der Waals surface area contributed by atoms with Gasteiger partial charge in [0, 0.05) is 6.42 Å². The van der Waals surface area contributed by atoms with Crippen LogP contribution >= 0.6 is 0 Å². The van der Waals surface area contributed by atoms with Crippen molar-refractivity contribution in [2.24, 2.45) is 4.99 Å². The van der Waals surface area contributed by atoms with E-state index in [1.807, 2.05) is 0 Å². The van der Waals surface area contributed by atoms with E-state index in [4.69, 9.17) is 4.74 Å². The Labute approximate surface area is 169 Å². The molecule has 0 radical (unpaired) electrons. The normalized spacial score (nSPS) is 19.3. The number of rotatable bonds is 19. The Morgan fingerprint density at radius 3 is 1.56 bits per heavy atom. The molecule has 3 heteroatoms. The summed E-state index contributed by atoms with van der Waals surface area (Å²) in [5.74, 6) is 0.872. The molecule has 160 valence electrons. The average Bonchev–Trinajstić information content (AvgIpc) is 3.12. The Hall–Kier alpha value is -0.570. The zero-order chi connectivity index (χ0) is 19.6. The first kappa shape index (κ1) is 24.5. The highest BCUT2D eigenvalue weighted by atomic mass is 16.5. The van der Waals surface area contributed by atoms with Gasteiger partial charge in [0.05, 0.1) is 13.2 Å². The zero-order valence-electron chi connectivity index (χ0n) is 18.4. The van der Waals surface area contributed by atoms with Crippen LogP contribution < -0.4 is 0 Å². The van der Waals surface area contributed by atoms with Gasteiger partial charge in [0.15, 0.2) is 11.5 Å². The lowest BCUT2D eigenvalue weighted by molar-refractivity contribution is 0.0179. The van der Waals surface area contributed by atoms with Crippen molar-refractivity contribution in [1.29, 1.82) is 0 Å². The molecule has 1 N–H and O–H groups in total. The molecule has 27 heavy (non-hydrogen) atoms. The predicted molar refractivity (Wildman–Crippen MR) is 118 cm³/mol. The van der Waals surface area contributed by atoms with Gasteiger partial charge in [-0.1, -0.05) is 110 Å². The molecule has 1 unspecified atom stereocenters. The Balaban J connectivity index is 1.77. The van der Waals surface area contributed by atoms with Crippen molar-refractivity contribution < 1.29 is 9.84 Å². The Morgan fingerprint density at radius 2 is 1.19 bits per heavy atom. The molecule has 0 amide bonds. The Morgan fingerprint density at radius 1 is 0.741 bits per heavy atom. The molecule has 0 saturated heterocycles. The van der Waals surface area contributed by atoms with E-state index in [-0.39, 0.29) is 6.61 Å². The van der Waals surface area contributed by atoms with E-state index in [1.165, 1.54) is 103 Å². The van der Waals surface area contributed by atoms with Crippen molar-refractivity contribution in [1.82, 2.24) is 0 Å². The van der Waals surface area contributed by atoms with Crippen LogP contribution in [0.2, 0.25) is 0 Å². The van der Waals surface area contributed by atoms with Crippen LogP contribution in [0.4, 0.5) is 0 Å². The number of hydrogen-bond acceptors (Lipinski definition) is 3. The van der Waals surface area contributed by atoms with Crippen LogP contribution in [0.1, 0.15) is 129 Å². The fourth-order valence-corrected chi connectivity index (χ4v) is 3.88. The van der Waals surface area contributed by atoms with Gasteiger partial charge in [-0.3, -0.25) is 4.99 Å². The summed E-state index contributed by atoms with van der Waals surface area (Å²) in [4.78, 5) is 4.47. The standard InChI is InChI=1S/C24H47NO2/c1-3-5-6-7-8-9-10-11-12-13-14-15-16-17-18-19-20-23-25-21-24(4-2,22-26)27-23/h26H,3-22H2,1-2H3. The molecule has 1 aliphatic rings. The summed E-state index contributed by atoms with van der Waals surface area (Å²) in [6, 6.07) is 0. The third-order valence-corrected chi connectivity index (χ3v) is 6.05. The minimum absolute atomic E-state index is 0.0788. The van der Waals surface area contributed by atoms with E-state index in [9.17, 15) is 5.11 Å². The Kier molecular flexibility index (Phi) is 14.9. The van der Waals surface area contributed by atoms with E-state index in [0.29, 0.717) is 6.54 Å². The van der Waals surface area contributed by atoms with Crippen LogP contribution in [-0.4, -0.2) is 29.8 Å². The van der Waals surface area contributed by atoms with E-state index >= 15 is 0 Å². The molecule has 1 rings (SSSR count). The molecule has 0 aliphatic carbocycles. The molecular weight excluding hydrogens is 334 g/mol. The number of ether oxygens (including phenoxy) is 1. The number of hydrogen-bond donors (Lipinski definition) is 1. The fourth-order valence-electron chi connectivity index (χ4n) is 3.88. The molecule has 3 nitrogen and oxygen atoms in total. The lowest BCUT2D eigenvalue weighted by Gasteiger charge is -2.24. The van der Waals surface area contributed by atoms with Crippen LogP contribution in [0.5, 0.6) is 0 Å². The second-order valence-corrected chi connectivity index (χ2v) is 8.56. The third-order valence-electron chi connectivity index (χ3n) is 6.05. The summed E-state index contributed by atoms with van der Waals surface area (Å²) in [7, 11) is 0. The lowest BCUT2D eigenvalue weighted by Crippen LogP contribution is -2.36. The molecule has 0 spiro atoms. The summed E-state index contributed by atoms with van der Waals surface area (Å²) >= 11 is 0. The quantitative estimate of drug-likeness (QED) is 0.240. The average molecular weight is 382 g/mol. The van der Waals surface area contributed by atoms with Gasteiger partial charge in [-0.15, -0.1) is 0 Å². The van der Waals surface area contributed by atoms with Crippen LogP contribution in [-0.2, 0) is 4.74 Å². The van der Waals surface area contributed by atoms with Crippen LogP contribution in [0, 0.1) is 0 Å². The predicted octanol–water partition coefficient (Wildman–Crippen LogP) is 7.21. The molecule has 0 aromatic carbocycles. The molecule has 0 aromatic heterocycles. The molecule has 0 bridgehead atoms. The SMILES string of the molecule is CCCCCCCCCCCCCCCCCCC1=NCC(CC)(CO)O1. The molecule has 0 aromatic rings. The van der Waals surface area contributed by atoms with Gasteiger partial charge < -0.3 is 9.84 Å². The number of aliphatic hydroxyl groups excluding tert-OH is 1. The van der Waals surface area contributed by atoms with Crippen LogP contribution in [0.15, 0.2) is 4.99 Å². The lowest BCUT2D eigenvalue weighted by atomic mass is 10.0. The van der Waals surface area contributed by atoms with Crippen molar-refractivity contribution in [3.63, 3.8) is 0 Å². The fraction of sp³-hybridized carbons (Fsp3) is 0.958. The van der Waals surface area contributed by atoms with E-state index < -0.39 is 5.60 Å². The smallest absolute Gasteiger partial charge is 0.184 e. The maximum Gasteiger partial charge on any atom is 0.184 e. The summed E-state index contributed by atoms with van der Waals surface area (Å²) in [6.07, 6.45) is 24.1. The monoisotopic (exact) mass is 381 g/mol. The van der Waals surface area contributed by atoms with Gasteiger partial charge in [-0.05, 0) is 12.8 Å². The zero-order valence-corrected chi connectivity index (χ0v) is 18.4. The summed E-state index contributed by atoms with van der Waals surface area (Å²) in [6.45, 7) is 5.06. The van der Waals surface area contributed by atoms with Crippen molar-refractivity contribution in [2.45, 2.75) is 135 Å². The van der Waals surface area contributed by atoms with Crippen molar-refractivity contribution in [2.75, 3.05) is 13.2 Å². The first-order chi connectivity index (χ1) is 13.3. The van der Waals surface area contributed by atoms with Gasteiger partial charge in [0.2, 0.25) is 0 Å². The Bertz CT molecular complexity index is 363. The highest BCUT2D eigenvalue weighted by Crippen LogP contribution is 2.24. The third kappa shape index (κ3) is 11.8. The van der Waals surface area contributed by atoms with Crippen molar-refractivity contribution in [3.8, 4) is 0 Å². The van der Waals surface area contributed by atoms with Gasteiger partial charge in [0.1, 0.15) is 0 Å². The first-order valence-corrected chi connectivity index (χ1v) is 12.1. The number of aliphatic imine (C=N–C) groups is 1. The highest BCUT2D eigenvalue weighted by Gasteiger charge is 2.35. The van der Waals surface area contributed by atoms with Crippen molar-refractivity contribution >= 4 is 5.90 Å². The second-order valence-electron chi connectivity index (χ2n) is 8.56. The number of aliphatic hydroxyl groups is 1. The van der Waals surface area contributed by atoms with E-state index in [0.717, 1.165) is 18.7 Å². The summed E-state index contributed by atoms with van der Waals surface area (Å²) in [5.41, 5.74) is -0.412. The highest BCUT2D eigenvalue weighted by molar-refractivity contribution is 5.78. The maximum atomic E-state index is 9.45. The van der Waals surface area contributed by atoms with Crippen LogP contribution in [0.3, 0.4) is 0 Å².